The number of ether oxygens (including phenoxy) is 1. The Morgan fingerprint density at radius 3 is 2.07 bits per heavy atom. The Hall–Kier alpha value is -0.570. The van der Waals surface area contributed by atoms with Gasteiger partial charge in [0.25, 0.3) is 6.47 Å². The van der Waals surface area contributed by atoms with Crippen molar-refractivity contribution in [2.45, 2.75) is 71.0 Å². The van der Waals surface area contributed by atoms with Crippen LogP contribution in [-0.2, 0) is 14.6 Å². The Bertz CT molecular complexity index is 137. The van der Waals surface area contributed by atoms with E-state index in [1.54, 1.807) is 0 Å². The molecule has 0 fully saturated rings. The fourth-order valence-electron chi connectivity index (χ4n) is 1.57. The molecule has 15 heavy (non-hydrogen) atoms. The van der Waals surface area contributed by atoms with E-state index in [0.29, 0.717) is 6.42 Å². The fourth-order valence-corrected chi connectivity index (χ4v) is 1.57. The standard InChI is InChI=1S/C12H23O3/c1-2-3-4-5-6-7-8-9-10-12(14)15-11-13/h11-12H,2-10H2,1H3. The average molecular weight is 215 g/mol. The topological polar surface area (TPSA) is 46.2 Å². The van der Waals surface area contributed by atoms with Crippen molar-refractivity contribution in [2.75, 3.05) is 0 Å². The lowest BCUT2D eigenvalue weighted by atomic mass is 10.1. The van der Waals surface area contributed by atoms with Gasteiger partial charge in [0.05, 0.1) is 0 Å². The van der Waals surface area contributed by atoms with E-state index in [9.17, 15) is 9.90 Å². The second-order valence-corrected chi connectivity index (χ2v) is 3.93. The van der Waals surface area contributed by atoms with Gasteiger partial charge in [-0.15, -0.1) is 0 Å². The van der Waals surface area contributed by atoms with Gasteiger partial charge in [0.2, 0.25) is 6.29 Å². The van der Waals surface area contributed by atoms with Crippen molar-refractivity contribution < 1.29 is 14.6 Å². The molecule has 0 aromatic carbocycles. The van der Waals surface area contributed by atoms with Crippen molar-refractivity contribution >= 4 is 6.47 Å². The van der Waals surface area contributed by atoms with E-state index in [0.717, 1.165) is 12.8 Å². The number of unbranched alkanes of at least 4 members (excludes halogenated alkanes) is 7. The van der Waals surface area contributed by atoms with E-state index in [1.165, 1.54) is 38.5 Å². The van der Waals surface area contributed by atoms with Crippen molar-refractivity contribution in [3.8, 4) is 0 Å². The lowest BCUT2D eigenvalue weighted by molar-refractivity contribution is -0.164. The van der Waals surface area contributed by atoms with Gasteiger partial charge in [-0.1, -0.05) is 51.9 Å². The Kier molecular flexibility index (Phi) is 11.1. The van der Waals surface area contributed by atoms with E-state index >= 15 is 0 Å². The molecule has 0 rings (SSSR count). The van der Waals surface area contributed by atoms with E-state index in [1.807, 2.05) is 0 Å². The molecule has 0 aromatic heterocycles. The normalized spacial score (nSPS) is 12.4. The molecule has 3 heteroatoms. The van der Waals surface area contributed by atoms with E-state index in [-0.39, 0.29) is 6.47 Å². The van der Waals surface area contributed by atoms with Gasteiger partial charge < -0.3 is 4.74 Å². The summed E-state index contributed by atoms with van der Waals surface area (Å²) in [5.41, 5.74) is 0. The lowest BCUT2D eigenvalue weighted by Crippen LogP contribution is -2.08. The predicted octanol–water partition coefficient (Wildman–Crippen LogP) is 3.45. The van der Waals surface area contributed by atoms with E-state index in [4.69, 9.17) is 0 Å². The van der Waals surface area contributed by atoms with Gasteiger partial charge in [0, 0.05) is 6.42 Å². The predicted molar refractivity (Wildman–Crippen MR) is 58.9 cm³/mol. The van der Waals surface area contributed by atoms with Crippen LogP contribution < -0.4 is 0 Å². The van der Waals surface area contributed by atoms with Crippen LogP contribution in [-0.4, -0.2) is 12.8 Å². The van der Waals surface area contributed by atoms with Crippen LogP contribution in [0, 0.1) is 0 Å². The first kappa shape index (κ1) is 14.4. The van der Waals surface area contributed by atoms with Crippen LogP contribution in [0.2, 0.25) is 0 Å². The molecule has 0 saturated heterocycles. The molecule has 0 aliphatic carbocycles. The fraction of sp³-hybridized carbons (Fsp3) is 0.917. The van der Waals surface area contributed by atoms with Crippen molar-refractivity contribution in [1.82, 2.24) is 0 Å². The lowest BCUT2D eigenvalue weighted by Gasteiger charge is -2.05. The van der Waals surface area contributed by atoms with Crippen LogP contribution in [0.1, 0.15) is 64.7 Å². The first-order valence-electron chi connectivity index (χ1n) is 6.06. The van der Waals surface area contributed by atoms with Crippen LogP contribution in [0.4, 0.5) is 0 Å². The molecule has 1 radical (unpaired) electrons. The highest BCUT2D eigenvalue weighted by Gasteiger charge is 2.04. The summed E-state index contributed by atoms with van der Waals surface area (Å²) in [6.45, 7) is 2.45. The third-order valence-electron chi connectivity index (χ3n) is 2.50. The summed E-state index contributed by atoms with van der Waals surface area (Å²) in [5, 5.41) is 10.8. The summed E-state index contributed by atoms with van der Waals surface area (Å²) in [4.78, 5) is 9.83. The molecule has 0 saturated carbocycles. The van der Waals surface area contributed by atoms with Gasteiger partial charge in [-0.25, -0.2) is 0 Å². The van der Waals surface area contributed by atoms with Gasteiger partial charge >= 0.3 is 0 Å². The number of hydrogen-bond donors (Lipinski definition) is 0. The highest BCUT2D eigenvalue weighted by molar-refractivity contribution is 5.37. The second kappa shape index (κ2) is 11.5. The monoisotopic (exact) mass is 215 g/mol. The van der Waals surface area contributed by atoms with Crippen LogP contribution in [0.25, 0.3) is 0 Å². The van der Waals surface area contributed by atoms with Crippen molar-refractivity contribution in [3.63, 3.8) is 0 Å². The molecule has 0 N–H and O–H groups in total. The highest BCUT2D eigenvalue weighted by atomic mass is 16.6. The minimum atomic E-state index is -1.15. The summed E-state index contributed by atoms with van der Waals surface area (Å²) in [5.74, 6) is 0. The minimum Gasteiger partial charge on any atom is -0.435 e. The van der Waals surface area contributed by atoms with Crippen LogP contribution >= 0.6 is 0 Å². The highest BCUT2D eigenvalue weighted by Crippen LogP contribution is 2.10. The summed E-state index contributed by atoms with van der Waals surface area (Å²) in [7, 11) is 0. The average Bonchev–Trinajstić information content (AvgIpc) is 2.22. The van der Waals surface area contributed by atoms with Gasteiger partial charge in [-0.05, 0) is 6.42 Å². The zero-order chi connectivity index (χ0) is 11.4. The SMILES string of the molecule is CCCCCCCCCCC([O])OC=O. The number of rotatable bonds is 11. The summed E-state index contributed by atoms with van der Waals surface area (Å²) in [6, 6.07) is 0. The molecule has 3 nitrogen and oxygen atoms in total. The van der Waals surface area contributed by atoms with Gasteiger partial charge in [-0.3, -0.25) is 4.79 Å². The zero-order valence-corrected chi connectivity index (χ0v) is 9.74. The summed E-state index contributed by atoms with van der Waals surface area (Å²) >= 11 is 0. The first-order chi connectivity index (χ1) is 7.31. The maximum absolute atomic E-state index is 10.8. The maximum atomic E-state index is 10.8. The molecule has 0 amide bonds. The molecule has 1 unspecified atom stereocenters. The van der Waals surface area contributed by atoms with Gasteiger partial charge in [-0.2, -0.15) is 5.11 Å². The first-order valence-corrected chi connectivity index (χ1v) is 6.06. The van der Waals surface area contributed by atoms with Crippen molar-refractivity contribution in [3.05, 3.63) is 0 Å². The third-order valence-corrected chi connectivity index (χ3v) is 2.50. The second-order valence-electron chi connectivity index (χ2n) is 3.93. The number of hydrogen-bond acceptors (Lipinski definition) is 2. The Morgan fingerprint density at radius 2 is 1.53 bits per heavy atom. The van der Waals surface area contributed by atoms with Crippen LogP contribution in [0.3, 0.4) is 0 Å². The van der Waals surface area contributed by atoms with E-state index in [2.05, 4.69) is 11.7 Å². The Balaban J connectivity index is 3.01. The molecular weight excluding hydrogens is 192 g/mol. The molecular formula is C12H23O3. The van der Waals surface area contributed by atoms with Gasteiger partial charge in [0.15, 0.2) is 0 Å². The quantitative estimate of drug-likeness (QED) is 0.301. The Labute approximate surface area is 92.8 Å². The molecule has 0 heterocycles. The number of carbonyl (C=O) groups excluding carboxylic acids is 1. The van der Waals surface area contributed by atoms with Crippen LogP contribution in [0.5, 0.6) is 0 Å². The molecule has 0 aliphatic heterocycles. The molecule has 0 aromatic rings. The largest absolute Gasteiger partial charge is 0.435 e. The van der Waals surface area contributed by atoms with Gasteiger partial charge in [0.1, 0.15) is 0 Å². The van der Waals surface area contributed by atoms with E-state index < -0.39 is 6.29 Å². The zero-order valence-electron chi connectivity index (χ0n) is 9.74. The maximum Gasteiger partial charge on any atom is 0.295 e. The van der Waals surface area contributed by atoms with Crippen molar-refractivity contribution in [1.29, 1.82) is 0 Å². The minimum absolute atomic E-state index is 0.239. The van der Waals surface area contributed by atoms with Crippen LogP contribution in [0.15, 0.2) is 0 Å². The molecule has 0 spiro atoms. The third kappa shape index (κ3) is 11.4. The molecule has 0 aliphatic rings. The van der Waals surface area contributed by atoms with Crippen molar-refractivity contribution in [2.24, 2.45) is 0 Å². The molecule has 1 atom stereocenters. The smallest absolute Gasteiger partial charge is 0.295 e. The molecule has 89 valence electrons. The number of carbonyl (C=O) groups is 1. The summed E-state index contributed by atoms with van der Waals surface area (Å²) < 4.78 is 4.27. The Morgan fingerprint density at radius 1 is 1.00 bits per heavy atom. The molecule has 0 bridgehead atoms. The summed E-state index contributed by atoms with van der Waals surface area (Å²) in [6.07, 6.45) is 8.94.